The zero-order valence-electron chi connectivity index (χ0n) is 12.7. The fourth-order valence-corrected chi connectivity index (χ4v) is 2.56. The normalized spacial score (nSPS) is 10.2. The van der Waals surface area contributed by atoms with Gasteiger partial charge in [0.2, 0.25) is 0 Å². The molecule has 1 N–H and O–H groups in total. The number of methoxy groups -OCH3 is 1. The number of aromatic nitrogens is 2. The number of amides is 1. The number of pyridine rings is 1. The summed E-state index contributed by atoms with van der Waals surface area (Å²) in [5.41, 5.74) is 0.530. The summed E-state index contributed by atoms with van der Waals surface area (Å²) < 4.78 is 9.38. The van der Waals surface area contributed by atoms with E-state index in [0.717, 1.165) is 11.3 Å². The molecular weight excluding hydrogens is 393 g/mol. The van der Waals surface area contributed by atoms with Crippen molar-refractivity contribution in [3.8, 4) is 0 Å². The molecule has 1 amide bonds. The highest BCUT2D eigenvalue weighted by molar-refractivity contribution is 7.13. The molecule has 2 aromatic heterocycles. The van der Waals surface area contributed by atoms with Crippen LogP contribution in [-0.4, -0.2) is 41.5 Å². The van der Waals surface area contributed by atoms with Crippen molar-refractivity contribution >= 4 is 57.5 Å². The van der Waals surface area contributed by atoms with E-state index in [-0.39, 0.29) is 27.3 Å². The average molecular weight is 404 g/mol. The molecule has 132 valence electrons. The van der Waals surface area contributed by atoms with Gasteiger partial charge in [-0.05, 0) is 6.07 Å². The minimum Gasteiger partial charge on any atom is -0.469 e. The summed E-state index contributed by atoms with van der Waals surface area (Å²) in [6.07, 6.45) is 1.19. The van der Waals surface area contributed by atoms with Crippen molar-refractivity contribution < 1.29 is 23.9 Å². The van der Waals surface area contributed by atoms with E-state index in [2.05, 4.69) is 20.0 Å². The highest BCUT2D eigenvalue weighted by atomic mass is 35.5. The van der Waals surface area contributed by atoms with Crippen LogP contribution < -0.4 is 5.32 Å². The van der Waals surface area contributed by atoms with Crippen LogP contribution in [0.4, 0.5) is 5.13 Å². The van der Waals surface area contributed by atoms with Crippen molar-refractivity contribution in [2.45, 2.75) is 6.42 Å². The van der Waals surface area contributed by atoms with Crippen molar-refractivity contribution in [1.29, 1.82) is 0 Å². The number of hydrogen-bond acceptors (Lipinski definition) is 8. The first-order chi connectivity index (χ1) is 11.9. The zero-order valence-corrected chi connectivity index (χ0v) is 15.1. The van der Waals surface area contributed by atoms with Crippen LogP contribution >= 0.6 is 34.5 Å². The molecule has 25 heavy (non-hydrogen) atoms. The molecule has 2 rings (SSSR count). The third-order valence-corrected chi connectivity index (χ3v) is 4.21. The summed E-state index contributed by atoms with van der Waals surface area (Å²) in [5, 5.41) is 4.50. The van der Waals surface area contributed by atoms with Gasteiger partial charge in [-0.25, -0.2) is 14.8 Å². The number of thiazole rings is 1. The Kier molecular flexibility index (Phi) is 6.68. The maximum atomic E-state index is 11.8. The SMILES string of the molecule is COC(=O)Cc1csc(NC(=O)COC(=O)c2cnc(Cl)c(Cl)c2)n1. The number of carbonyl (C=O) groups excluding carboxylic acids is 3. The molecule has 0 radical (unpaired) electrons. The van der Waals surface area contributed by atoms with E-state index in [4.69, 9.17) is 27.9 Å². The van der Waals surface area contributed by atoms with E-state index in [0.29, 0.717) is 5.69 Å². The second kappa shape index (κ2) is 8.75. The van der Waals surface area contributed by atoms with Gasteiger partial charge >= 0.3 is 11.9 Å². The number of halogens is 2. The molecule has 0 spiro atoms. The molecule has 0 aliphatic carbocycles. The molecule has 0 unspecified atom stereocenters. The fourth-order valence-electron chi connectivity index (χ4n) is 1.57. The van der Waals surface area contributed by atoms with E-state index in [1.165, 1.54) is 19.4 Å². The first-order valence-corrected chi connectivity index (χ1v) is 8.32. The van der Waals surface area contributed by atoms with Crippen LogP contribution in [0.2, 0.25) is 10.2 Å². The number of ether oxygens (including phenoxy) is 2. The molecule has 0 aliphatic rings. The number of nitrogens with one attached hydrogen (secondary N) is 1. The Labute approximate surface area is 156 Å². The molecule has 0 saturated carbocycles. The quantitative estimate of drug-likeness (QED) is 0.582. The summed E-state index contributed by atoms with van der Waals surface area (Å²) in [6.45, 7) is -0.523. The third-order valence-electron chi connectivity index (χ3n) is 2.72. The lowest BCUT2D eigenvalue weighted by Crippen LogP contribution is -2.21. The van der Waals surface area contributed by atoms with Gasteiger partial charge in [0.05, 0.1) is 29.8 Å². The largest absolute Gasteiger partial charge is 0.469 e. The van der Waals surface area contributed by atoms with Crippen molar-refractivity contribution in [3.63, 3.8) is 0 Å². The van der Waals surface area contributed by atoms with Crippen molar-refractivity contribution in [2.24, 2.45) is 0 Å². The van der Waals surface area contributed by atoms with Gasteiger partial charge in [0.25, 0.3) is 5.91 Å². The van der Waals surface area contributed by atoms with Crippen LogP contribution in [0.5, 0.6) is 0 Å². The second-order valence-electron chi connectivity index (χ2n) is 4.52. The van der Waals surface area contributed by atoms with Crippen LogP contribution in [0, 0.1) is 0 Å². The van der Waals surface area contributed by atoms with Gasteiger partial charge in [-0.15, -0.1) is 11.3 Å². The Balaban J connectivity index is 1.85. The van der Waals surface area contributed by atoms with Crippen molar-refractivity contribution in [2.75, 3.05) is 19.0 Å². The van der Waals surface area contributed by atoms with E-state index in [9.17, 15) is 14.4 Å². The summed E-state index contributed by atoms with van der Waals surface area (Å²) in [4.78, 5) is 42.5. The lowest BCUT2D eigenvalue weighted by Gasteiger charge is -2.05. The maximum absolute atomic E-state index is 11.8. The van der Waals surface area contributed by atoms with Gasteiger partial charge < -0.3 is 9.47 Å². The summed E-state index contributed by atoms with van der Waals surface area (Å²) >= 11 is 12.5. The predicted octanol–water partition coefficient (Wildman–Crippen LogP) is 2.36. The van der Waals surface area contributed by atoms with Crippen LogP contribution in [0.3, 0.4) is 0 Å². The van der Waals surface area contributed by atoms with Crippen LogP contribution in [0.25, 0.3) is 0 Å². The van der Waals surface area contributed by atoms with E-state index in [1.807, 2.05) is 0 Å². The molecule has 2 heterocycles. The molecule has 0 aliphatic heterocycles. The first kappa shape index (κ1) is 19.1. The number of hydrogen-bond donors (Lipinski definition) is 1. The van der Waals surface area contributed by atoms with Gasteiger partial charge in [0.1, 0.15) is 5.15 Å². The molecule has 0 fully saturated rings. The molecular formula is C14H11Cl2N3O5S. The molecule has 0 aromatic carbocycles. The van der Waals surface area contributed by atoms with Crippen molar-refractivity contribution in [3.05, 3.63) is 39.1 Å². The van der Waals surface area contributed by atoms with Gasteiger partial charge in [-0.1, -0.05) is 23.2 Å². The van der Waals surface area contributed by atoms with E-state index in [1.54, 1.807) is 5.38 Å². The monoisotopic (exact) mass is 403 g/mol. The topological polar surface area (TPSA) is 107 Å². The number of anilines is 1. The Morgan fingerprint density at radius 2 is 2.08 bits per heavy atom. The van der Waals surface area contributed by atoms with Crippen LogP contribution in [0.1, 0.15) is 16.1 Å². The lowest BCUT2D eigenvalue weighted by atomic mass is 10.3. The maximum Gasteiger partial charge on any atom is 0.340 e. The minimum absolute atomic E-state index is 0.00217. The Morgan fingerprint density at radius 1 is 1.32 bits per heavy atom. The molecule has 2 aromatic rings. The van der Waals surface area contributed by atoms with Gasteiger partial charge in [0.15, 0.2) is 11.7 Å². The molecule has 0 bridgehead atoms. The summed E-state index contributed by atoms with van der Waals surface area (Å²) in [5.74, 6) is -1.79. The molecule has 0 atom stereocenters. The Morgan fingerprint density at radius 3 is 2.76 bits per heavy atom. The molecule has 11 heteroatoms. The molecule has 8 nitrogen and oxygen atoms in total. The average Bonchev–Trinajstić information content (AvgIpc) is 3.01. The number of carbonyl (C=O) groups is 3. The predicted molar refractivity (Wildman–Crippen MR) is 91.0 cm³/mol. The minimum atomic E-state index is -0.772. The van der Waals surface area contributed by atoms with Gasteiger partial charge in [-0.3, -0.25) is 14.9 Å². The van der Waals surface area contributed by atoms with Gasteiger partial charge in [0, 0.05) is 11.6 Å². The van der Waals surface area contributed by atoms with Crippen molar-refractivity contribution in [1.82, 2.24) is 9.97 Å². The Bertz CT molecular complexity index is 812. The number of esters is 2. The van der Waals surface area contributed by atoms with Crippen LogP contribution in [-0.2, 0) is 25.5 Å². The van der Waals surface area contributed by atoms with Crippen LogP contribution in [0.15, 0.2) is 17.6 Å². The highest BCUT2D eigenvalue weighted by Gasteiger charge is 2.14. The standard InChI is InChI=1S/C14H11Cl2N3O5S/c1-23-11(21)3-8-6-25-14(18-8)19-10(20)5-24-13(22)7-2-9(15)12(16)17-4-7/h2,4,6H,3,5H2,1H3,(H,18,19,20). The number of nitrogens with zero attached hydrogens (tertiary/aromatic N) is 2. The summed E-state index contributed by atoms with van der Waals surface area (Å²) in [6, 6.07) is 1.29. The van der Waals surface area contributed by atoms with Gasteiger partial charge in [-0.2, -0.15) is 0 Å². The zero-order chi connectivity index (χ0) is 18.4. The first-order valence-electron chi connectivity index (χ1n) is 6.68. The number of rotatable bonds is 6. The van der Waals surface area contributed by atoms with E-state index >= 15 is 0 Å². The summed E-state index contributed by atoms with van der Waals surface area (Å²) in [7, 11) is 1.27. The van der Waals surface area contributed by atoms with E-state index < -0.39 is 24.5 Å². The third kappa shape index (κ3) is 5.66. The highest BCUT2D eigenvalue weighted by Crippen LogP contribution is 2.20. The lowest BCUT2D eigenvalue weighted by molar-refractivity contribution is -0.139. The fraction of sp³-hybridized carbons (Fsp3) is 0.214. The second-order valence-corrected chi connectivity index (χ2v) is 6.14. The smallest absolute Gasteiger partial charge is 0.340 e. The Hall–Kier alpha value is -2.23. The molecule has 0 saturated heterocycles.